The number of nitrogens with one attached hydrogen (secondary N) is 1. The van der Waals surface area contributed by atoms with Crippen molar-refractivity contribution in [2.75, 3.05) is 5.75 Å². The molecular weight excluding hydrogens is 306 g/mol. The summed E-state index contributed by atoms with van der Waals surface area (Å²) in [6, 6.07) is 18.9. The summed E-state index contributed by atoms with van der Waals surface area (Å²) in [5.41, 5.74) is 2.26. The van der Waals surface area contributed by atoms with Gasteiger partial charge in [0.2, 0.25) is 0 Å². The second-order valence-electron chi connectivity index (χ2n) is 6.27. The average molecular weight is 327 g/mol. The lowest BCUT2D eigenvalue weighted by atomic mass is 9.92. The van der Waals surface area contributed by atoms with Crippen LogP contribution in [0, 0.1) is 0 Å². The lowest BCUT2D eigenvalue weighted by molar-refractivity contribution is -0.137. The Morgan fingerprint density at radius 2 is 1.91 bits per heavy atom. The molecule has 0 saturated heterocycles. The van der Waals surface area contributed by atoms with E-state index in [4.69, 9.17) is 5.11 Å². The van der Waals surface area contributed by atoms with Gasteiger partial charge in [0.1, 0.15) is 0 Å². The van der Waals surface area contributed by atoms with Crippen LogP contribution in [0.15, 0.2) is 59.5 Å². The zero-order valence-corrected chi connectivity index (χ0v) is 14.0. The molecule has 0 bridgehead atoms. The lowest BCUT2D eigenvalue weighted by Gasteiger charge is -2.33. The molecule has 2 N–H and O–H groups in total. The number of rotatable bonds is 4. The Hall–Kier alpha value is -1.78. The van der Waals surface area contributed by atoms with E-state index in [9.17, 15) is 4.79 Å². The third kappa shape index (κ3) is 3.77. The highest BCUT2D eigenvalue weighted by Gasteiger charge is 2.33. The number of carboxylic acids is 1. The Labute approximate surface area is 141 Å². The fraction of sp³-hybridized carbons (Fsp3) is 0.316. The maximum Gasteiger partial charge on any atom is 0.303 e. The maximum atomic E-state index is 11.0. The minimum absolute atomic E-state index is 0.0844. The summed E-state index contributed by atoms with van der Waals surface area (Å²) >= 11 is 1.81. The molecule has 120 valence electrons. The van der Waals surface area contributed by atoms with Gasteiger partial charge < -0.3 is 10.4 Å². The molecule has 3 rings (SSSR count). The monoisotopic (exact) mass is 327 g/mol. The SMILES string of the molecule is CC1(CCC(=O)O)CSc2ccccc2C(c2ccccc2)N1. The van der Waals surface area contributed by atoms with Crippen molar-refractivity contribution in [2.45, 2.75) is 36.2 Å². The molecule has 3 nitrogen and oxygen atoms in total. The minimum atomic E-state index is -0.740. The van der Waals surface area contributed by atoms with Crippen molar-refractivity contribution in [3.63, 3.8) is 0 Å². The molecule has 4 heteroatoms. The Morgan fingerprint density at radius 3 is 2.65 bits per heavy atom. The number of aliphatic carboxylic acids is 1. The van der Waals surface area contributed by atoms with Gasteiger partial charge in [0, 0.05) is 22.6 Å². The molecule has 23 heavy (non-hydrogen) atoms. The summed E-state index contributed by atoms with van der Waals surface area (Å²) in [4.78, 5) is 12.3. The summed E-state index contributed by atoms with van der Waals surface area (Å²) in [5.74, 6) is 0.122. The molecule has 2 aromatic rings. The van der Waals surface area contributed by atoms with Crippen LogP contribution in [0.25, 0.3) is 0 Å². The molecular formula is C19H21NO2S. The zero-order chi connectivity index (χ0) is 16.3. The number of benzene rings is 2. The van der Waals surface area contributed by atoms with E-state index in [1.54, 1.807) is 0 Å². The molecule has 0 aromatic heterocycles. The van der Waals surface area contributed by atoms with Crippen LogP contribution in [0.2, 0.25) is 0 Å². The topological polar surface area (TPSA) is 49.3 Å². The van der Waals surface area contributed by atoms with Gasteiger partial charge in [-0.05, 0) is 30.5 Å². The summed E-state index contributed by atoms with van der Waals surface area (Å²) < 4.78 is 0. The molecule has 0 saturated carbocycles. The van der Waals surface area contributed by atoms with Crippen molar-refractivity contribution < 1.29 is 9.90 Å². The van der Waals surface area contributed by atoms with Gasteiger partial charge in [-0.25, -0.2) is 0 Å². The van der Waals surface area contributed by atoms with Crippen LogP contribution in [-0.2, 0) is 4.79 Å². The Balaban J connectivity index is 1.97. The van der Waals surface area contributed by atoms with Gasteiger partial charge in [0.05, 0.1) is 6.04 Å². The highest BCUT2D eigenvalue weighted by atomic mass is 32.2. The first-order chi connectivity index (χ1) is 11.1. The molecule has 2 unspecified atom stereocenters. The van der Waals surface area contributed by atoms with Gasteiger partial charge in [-0.1, -0.05) is 48.5 Å². The maximum absolute atomic E-state index is 11.0. The number of fused-ring (bicyclic) bond motifs is 1. The summed E-state index contributed by atoms with van der Waals surface area (Å²) in [5, 5.41) is 12.8. The molecule has 2 atom stereocenters. The fourth-order valence-electron chi connectivity index (χ4n) is 2.99. The van der Waals surface area contributed by atoms with E-state index in [0.29, 0.717) is 6.42 Å². The van der Waals surface area contributed by atoms with Crippen LogP contribution in [0.4, 0.5) is 0 Å². The van der Waals surface area contributed by atoms with Crippen LogP contribution >= 0.6 is 11.8 Å². The second kappa shape index (κ2) is 6.77. The molecule has 0 spiro atoms. The Kier molecular flexibility index (Phi) is 4.74. The van der Waals surface area contributed by atoms with E-state index in [0.717, 1.165) is 5.75 Å². The number of hydrogen-bond donors (Lipinski definition) is 2. The number of carbonyl (C=O) groups is 1. The van der Waals surface area contributed by atoms with Gasteiger partial charge in [-0.15, -0.1) is 11.8 Å². The standard InChI is InChI=1S/C19H21NO2S/c1-19(12-11-17(21)22)13-23-16-10-6-5-9-15(16)18(20-19)14-7-3-2-4-8-14/h2-10,18,20H,11-13H2,1H3,(H,21,22). The third-order valence-corrected chi connectivity index (χ3v) is 5.76. The van der Waals surface area contributed by atoms with E-state index in [2.05, 4.69) is 48.6 Å². The average Bonchev–Trinajstić information content (AvgIpc) is 2.72. The molecule has 1 aliphatic heterocycles. The van der Waals surface area contributed by atoms with Gasteiger partial charge >= 0.3 is 5.97 Å². The molecule has 0 aliphatic carbocycles. The molecule has 0 amide bonds. The van der Waals surface area contributed by atoms with E-state index >= 15 is 0 Å². The van der Waals surface area contributed by atoms with Gasteiger partial charge in [0.25, 0.3) is 0 Å². The van der Waals surface area contributed by atoms with Gasteiger partial charge in [-0.2, -0.15) is 0 Å². The van der Waals surface area contributed by atoms with Crippen LogP contribution in [0.5, 0.6) is 0 Å². The number of hydrogen-bond acceptors (Lipinski definition) is 3. The van der Waals surface area contributed by atoms with Crippen molar-refractivity contribution in [1.82, 2.24) is 5.32 Å². The second-order valence-corrected chi connectivity index (χ2v) is 7.29. The predicted molar refractivity (Wildman–Crippen MR) is 93.9 cm³/mol. The highest BCUT2D eigenvalue weighted by Crippen LogP contribution is 2.39. The van der Waals surface area contributed by atoms with Crippen LogP contribution in [0.3, 0.4) is 0 Å². The van der Waals surface area contributed by atoms with Gasteiger partial charge in [0.15, 0.2) is 0 Å². The van der Waals surface area contributed by atoms with Crippen molar-refractivity contribution >= 4 is 17.7 Å². The number of thioether (sulfide) groups is 1. The van der Waals surface area contributed by atoms with E-state index in [1.165, 1.54) is 16.0 Å². The van der Waals surface area contributed by atoms with Crippen LogP contribution in [-0.4, -0.2) is 22.4 Å². The first kappa shape index (κ1) is 16.1. The van der Waals surface area contributed by atoms with Crippen LogP contribution in [0.1, 0.15) is 36.9 Å². The molecule has 0 radical (unpaired) electrons. The largest absolute Gasteiger partial charge is 0.481 e. The first-order valence-corrected chi connectivity index (χ1v) is 8.82. The van der Waals surface area contributed by atoms with Gasteiger partial charge in [-0.3, -0.25) is 4.79 Å². The van der Waals surface area contributed by atoms with E-state index in [1.807, 2.05) is 30.0 Å². The van der Waals surface area contributed by atoms with E-state index < -0.39 is 5.97 Å². The first-order valence-electron chi connectivity index (χ1n) is 7.84. The highest BCUT2D eigenvalue weighted by molar-refractivity contribution is 7.99. The quantitative estimate of drug-likeness (QED) is 0.888. The zero-order valence-electron chi connectivity index (χ0n) is 13.2. The van der Waals surface area contributed by atoms with Crippen molar-refractivity contribution in [3.8, 4) is 0 Å². The lowest BCUT2D eigenvalue weighted by Crippen LogP contribution is -2.46. The normalized spacial score (nSPS) is 23.8. The summed E-state index contributed by atoms with van der Waals surface area (Å²) in [6.45, 7) is 2.13. The summed E-state index contributed by atoms with van der Waals surface area (Å²) in [6.07, 6.45) is 0.800. The molecule has 2 aromatic carbocycles. The summed E-state index contributed by atoms with van der Waals surface area (Å²) in [7, 11) is 0. The smallest absolute Gasteiger partial charge is 0.303 e. The van der Waals surface area contributed by atoms with Crippen molar-refractivity contribution in [2.24, 2.45) is 0 Å². The molecule has 0 fully saturated rings. The van der Waals surface area contributed by atoms with Crippen molar-refractivity contribution in [1.29, 1.82) is 0 Å². The predicted octanol–water partition coefficient (Wildman–Crippen LogP) is 4.09. The Bertz CT molecular complexity index is 689. The van der Waals surface area contributed by atoms with Crippen molar-refractivity contribution in [3.05, 3.63) is 65.7 Å². The Morgan fingerprint density at radius 1 is 1.22 bits per heavy atom. The minimum Gasteiger partial charge on any atom is -0.481 e. The molecule has 1 heterocycles. The number of carboxylic acid groups (broad SMARTS) is 1. The van der Waals surface area contributed by atoms with E-state index in [-0.39, 0.29) is 18.0 Å². The third-order valence-electron chi connectivity index (χ3n) is 4.29. The fourth-order valence-corrected chi connectivity index (χ4v) is 4.22. The molecule has 1 aliphatic rings. The van der Waals surface area contributed by atoms with Crippen LogP contribution < -0.4 is 5.32 Å².